The van der Waals surface area contributed by atoms with Crippen LogP contribution in [0.4, 0.5) is 0 Å². The van der Waals surface area contributed by atoms with Crippen LogP contribution in [0.5, 0.6) is 5.75 Å². The van der Waals surface area contributed by atoms with E-state index in [-0.39, 0.29) is 30.1 Å². The minimum absolute atomic E-state index is 0. The van der Waals surface area contributed by atoms with Crippen LogP contribution in [0, 0.1) is 6.92 Å². The third kappa shape index (κ3) is 4.86. The Kier molecular flexibility index (Phi) is 7.36. The normalized spacial score (nSPS) is 16.1. The van der Waals surface area contributed by atoms with Gasteiger partial charge in [-0.3, -0.25) is 0 Å². The number of guanidine groups is 1. The number of fused-ring (bicyclic) bond motifs is 1. The second-order valence-electron chi connectivity index (χ2n) is 5.65. The highest BCUT2D eigenvalue weighted by atomic mass is 127. The quantitative estimate of drug-likeness (QED) is 0.409. The molecule has 0 amide bonds. The van der Waals surface area contributed by atoms with Gasteiger partial charge in [-0.25, -0.2) is 4.99 Å². The summed E-state index contributed by atoms with van der Waals surface area (Å²) < 4.78 is 5.96. The first kappa shape index (κ1) is 19.1. The zero-order chi connectivity index (χ0) is 16.1. The fraction of sp³-hybridized carbons (Fsp3) is 0.389. The van der Waals surface area contributed by atoms with Crippen LogP contribution >= 0.6 is 35.3 Å². The number of hydrogen-bond acceptors (Lipinski definition) is 3. The van der Waals surface area contributed by atoms with Gasteiger partial charge in [0.1, 0.15) is 11.9 Å². The Morgan fingerprint density at radius 2 is 2.12 bits per heavy atom. The molecule has 2 aromatic rings. The number of para-hydroxylation sites is 1. The summed E-state index contributed by atoms with van der Waals surface area (Å²) in [6, 6.07) is 10.4. The molecule has 2 heterocycles. The zero-order valence-corrected chi connectivity index (χ0v) is 17.2. The monoisotopic (exact) mass is 457 g/mol. The molecular weight excluding hydrogens is 433 g/mol. The van der Waals surface area contributed by atoms with E-state index in [1.807, 2.05) is 12.1 Å². The SMILES string of the molecule is CCNC(=NCc1sccc1C)NCC1Cc2ccccc2O1.I. The Balaban J connectivity index is 0.00000208. The fourth-order valence-electron chi connectivity index (χ4n) is 2.64. The molecule has 1 aliphatic heterocycles. The molecule has 130 valence electrons. The van der Waals surface area contributed by atoms with Gasteiger partial charge in [0.2, 0.25) is 0 Å². The van der Waals surface area contributed by atoms with Crippen LogP contribution in [0.25, 0.3) is 0 Å². The number of ether oxygens (including phenoxy) is 1. The molecule has 0 saturated carbocycles. The molecule has 2 N–H and O–H groups in total. The smallest absolute Gasteiger partial charge is 0.191 e. The van der Waals surface area contributed by atoms with E-state index < -0.39 is 0 Å². The third-order valence-electron chi connectivity index (χ3n) is 3.90. The van der Waals surface area contributed by atoms with Gasteiger partial charge in [-0.1, -0.05) is 18.2 Å². The maximum atomic E-state index is 5.96. The molecule has 0 radical (unpaired) electrons. The number of rotatable bonds is 5. The lowest BCUT2D eigenvalue weighted by Gasteiger charge is -2.15. The molecule has 1 aromatic carbocycles. The van der Waals surface area contributed by atoms with Crippen LogP contribution in [0.1, 0.15) is 22.9 Å². The number of thiophene rings is 1. The van der Waals surface area contributed by atoms with Gasteiger partial charge in [-0.2, -0.15) is 0 Å². The summed E-state index contributed by atoms with van der Waals surface area (Å²) >= 11 is 1.76. The number of aliphatic imine (C=N–C) groups is 1. The molecular formula is C18H24IN3OS. The molecule has 6 heteroatoms. The third-order valence-corrected chi connectivity index (χ3v) is 4.91. The van der Waals surface area contributed by atoms with Crippen molar-refractivity contribution in [3.8, 4) is 5.75 Å². The summed E-state index contributed by atoms with van der Waals surface area (Å²) in [5, 5.41) is 8.81. The standard InChI is InChI=1S/C18H23N3OS.HI/c1-3-19-18(21-12-17-13(2)8-9-23-17)20-11-15-10-14-6-4-5-7-16(14)22-15;/h4-9,15H,3,10-12H2,1-2H3,(H2,19,20,21);1H. The average Bonchev–Trinajstić information content (AvgIpc) is 3.15. The van der Waals surface area contributed by atoms with E-state index in [0.29, 0.717) is 6.54 Å². The lowest BCUT2D eigenvalue weighted by molar-refractivity contribution is 0.235. The van der Waals surface area contributed by atoms with Crippen LogP contribution in [0.2, 0.25) is 0 Å². The summed E-state index contributed by atoms with van der Waals surface area (Å²) in [6.07, 6.45) is 1.12. The van der Waals surface area contributed by atoms with Crippen LogP contribution in [-0.2, 0) is 13.0 Å². The number of benzene rings is 1. The van der Waals surface area contributed by atoms with Gasteiger partial charge in [-0.15, -0.1) is 35.3 Å². The molecule has 3 rings (SSSR count). The van der Waals surface area contributed by atoms with E-state index in [2.05, 4.69) is 53.1 Å². The van der Waals surface area contributed by atoms with Gasteiger partial charge in [0.05, 0.1) is 13.1 Å². The summed E-state index contributed by atoms with van der Waals surface area (Å²) in [6.45, 7) is 6.52. The van der Waals surface area contributed by atoms with Crippen molar-refractivity contribution in [2.24, 2.45) is 4.99 Å². The predicted octanol–water partition coefficient (Wildman–Crippen LogP) is 3.73. The van der Waals surface area contributed by atoms with E-state index in [1.54, 1.807) is 11.3 Å². The topological polar surface area (TPSA) is 45.7 Å². The first-order chi connectivity index (χ1) is 11.3. The molecule has 1 aliphatic rings. The molecule has 24 heavy (non-hydrogen) atoms. The number of nitrogens with zero attached hydrogens (tertiary/aromatic N) is 1. The van der Waals surface area contributed by atoms with Gasteiger partial charge in [0, 0.05) is 17.8 Å². The number of halogens is 1. The average molecular weight is 457 g/mol. The largest absolute Gasteiger partial charge is 0.488 e. The predicted molar refractivity (Wildman–Crippen MR) is 112 cm³/mol. The Hall–Kier alpha value is -1.28. The van der Waals surface area contributed by atoms with Crippen molar-refractivity contribution in [3.05, 3.63) is 51.7 Å². The minimum atomic E-state index is 0. The zero-order valence-electron chi connectivity index (χ0n) is 14.0. The summed E-state index contributed by atoms with van der Waals surface area (Å²) in [5.41, 5.74) is 2.60. The number of nitrogens with one attached hydrogen (secondary N) is 2. The lowest BCUT2D eigenvalue weighted by Crippen LogP contribution is -2.42. The lowest BCUT2D eigenvalue weighted by atomic mass is 10.1. The second kappa shape index (κ2) is 9.27. The minimum Gasteiger partial charge on any atom is -0.488 e. The van der Waals surface area contributed by atoms with Gasteiger partial charge < -0.3 is 15.4 Å². The Morgan fingerprint density at radius 1 is 1.29 bits per heavy atom. The van der Waals surface area contributed by atoms with Crippen LogP contribution in [0.3, 0.4) is 0 Å². The van der Waals surface area contributed by atoms with E-state index in [4.69, 9.17) is 4.74 Å². The Bertz CT molecular complexity index is 661. The van der Waals surface area contributed by atoms with Crippen LogP contribution < -0.4 is 15.4 Å². The first-order valence-corrected chi connectivity index (χ1v) is 8.94. The second-order valence-corrected chi connectivity index (χ2v) is 6.66. The first-order valence-electron chi connectivity index (χ1n) is 8.06. The molecule has 1 unspecified atom stereocenters. The van der Waals surface area contributed by atoms with Crippen LogP contribution in [-0.4, -0.2) is 25.2 Å². The number of hydrogen-bond donors (Lipinski definition) is 2. The highest BCUT2D eigenvalue weighted by Gasteiger charge is 2.22. The van der Waals surface area contributed by atoms with Crippen molar-refractivity contribution in [1.29, 1.82) is 0 Å². The van der Waals surface area contributed by atoms with Gasteiger partial charge in [0.25, 0.3) is 0 Å². The molecule has 1 aromatic heterocycles. The van der Waals surface area contributed by atoms with Crippen molar-refractivity contribution >= 4 is 41.3 Å². The maximum Gasteiger partial charge on any atom is 0.191 e. The van der Waals surface area contributed by atoms with Gasteiger partial charge >= 0.3 is 0 Å². The Labute approximate surface area is 164 Å². The Morgan fingerprint density at radius 3 is 2.83 bits per heavy atom. The fourth-order valence-corrected chi connectivity index (χ4v) is 3.47. The van der Waals surface area contributed by atoms with Crippen molar-refractivity contribution in [2.45, 2.75) is 32.9 Å². The van der Waals surface area contributed by atoms with Crippen molar-refractivity contribution in [1.82, 2.24) is 10.6 Å². The molecule has 0 bridgehead atoms. The maximum absolute atomic E-state index is 5.96. The summed E-state index contributed by atoms with van der Waals surface area (Å²) in [5.74, 6) is 1.86. The van der Waals surface area contributed by atoms with E-state index >= 15 is 0 Å². The molecule has 0 saturated heterocycles. The van der Waals surface area contributed by atoms with Crippen molar-refractivity contribution < 1.29 is 4.74 Å². The molecule has 0 aliphatic carbocycles. The summed E-state index contributed by atoms with van der Waals surface area (Å²) in [7, 11) is 0. The molecule has 4 nitrogen and oxygen atoms in total. The van der Waals surface area contributed by atoms with Crippen molar-refractivity contribution in [3.63, 3.8) is 0 Å². The van der Waals surface area contributed by atoms with E-state index in [1.165, 1.54) is 16.0 Å². The summed E-state index contributed by atoms with van der Waals surface area (Å²) in [4.78, 5) is 5.99. The van der Waals surface area contributed by atoms with Gasteiger partial charge in [0.15, 0.2) is 5.96 Å². The highest BCUT2D eigenvalue weighted by molar-refractivity contribution is 14.0. The molecule has 0 fully saturated rings. The number of aryl methyl sites for hydroxylation is 1. The van der Waals surface area contributed by atoms with Crippen LogP contribution in [0.15, 0.2) is 40.7 Å². The van der Waals surface area contributed by atoms with Crippen molar-refractivity contribution in [2.75, 3.05) is 13.1 Å². The van der Waals surface area contributed by atoms with E-state index in [9.17, 15) is 0 Å². The molecule has 0 spiro atoms. The van der Waals surface area contributed by atoms with Gasteiger partial charge in [-0.05, 0) is 42.5 Å². The molecule has 1 atom stereocenters. The highest BCUT2D eigenvalue weighted by Crippen LogP contribution is 2.27. The van der Waals surface area contributed by atoms with E-state index in [0.717, 1.165) is 31.2 Å².